The zero-order chi connectivity index (χ0) is 13.2. The van der Waals surface area contributed by atoms with Crippen LogP contribution >= 0.6 is 22.6 Å². The largest absolute Gasteiger partial charge is 0.335 e. The van der Waals surface area contributed by atoms with Crippen LogP contribution < -0.4 is 5.32 Å². The molecule has 2 atom stereocenters. The molecule has 1 aromatic rings. The standard InChI is InChI=1S/C15H19IN2O/c16-12-3-1-2-11(8-12)9-15(19)18-13-4-5-14(18)10-17-7-6-13/h1-3,8,13-14,17H,4-7,9-10H2. The number of hydrogen-bond acceptors (Lipinski definition) is 2. The van der Waals surface area contributed by atoms with Gasteiger partial charge in [-0.1, -0.05) is 12.1 Å². The third-order valence-electron chi connectivity index (χ3n) is 4.19. The minimum absolute atomic E-state index is 0.304. The minimum atomic E-state index is 0.304. The van der Waals surface area contributed by atoms with E-state index in [0.717, 1.165) is 31.5 Å². The third kappa shape index (κ3) is 2.94. The molecule has 2 unspecified atom stereocenters. The maximum Gasteiger partial charge on any atom is 0.227 e. The fourth-order valence-electron chi connectivity index (χ4n) is 3.30. The average Bonchev–Trinajstić information content (AvgIpc) is 2.63. The molecule has 0 spiro atoms. The average molecular weight is 370 g/mol. The molecule has 0 aliphatic carbocycles. The molecule has 2 saturated heterocycles. The van der Waals surface area contributed by atoms with Crippen LogP contribution in [0.2, 0.25) is 0 Å². The van der Waals surface area contributed by atoms with E-state index < -0.39 is 0 Å². The number of halogens is 1. The quantitative estimate of drug-likeness (QED) is 0.810. The van der Waals surface area contributed by atoms with Gasteiger partial charge in [-0.05, 0) is 66.1 Å². The molecule has 2 aliphatic rings. The molecule has 0 aromatic heterocycles. The van der Waals surface area contributed by atoms with Gasteiger partial charge in [0.1, 0.15) is 0 Å². The second kappa shape index (κ2) is 5.79. The second-order valence-corrected chi connectivity index (χ2v) is 6.73. The summed E-state index contributed by atoms with van der Waals surface area (Å²) >= 11 is 2.30. The van der Waals surface area contributed by atoms with Crippen LogP contribution in [0.15, 0.2) is 24.3 Å². The number of amides is 1. The summed E-state index contributed by atoms with van der Waals surface area (Å²) in [4.78, 5) is 14.8. The maximum absolute atomic E-state index is 12.6. The van der Waals surface area contributed by atoms with Crippen molar-refractivity contribution < 1.29 is 4.79 Å². The highest BCUT2D eigenvalue weighted by atomic mass is 127. The third-order valence-corrected chi connectivity index (χ3v) is 4.86. The molecule has 2 bridgehead atoms. The molecule has 2 fully saturated rings. The Labute approximate surface area is 127 Å². The molecular formula is C15H19IN2O. The van der Waals surface area contributed by atoms with Crippen LogP contribution in [0.25, 0.3) is 0 Å². The van der Waals surface area contributed by atoms with E-state index in [-0.39, 0.29) is 0 Å². The molecular weight excluding hydrogens is 351 g/mol. The first-order valence-corrected chi connectivity index (χ1v) is 8.08. The molecule has 1 aromatic carbocycles. The number of rotatable bonds is 2. The lowest BCUT2D eigenvalue weighted by Gasteiger charge is -2.28. The Bertz CT molecular complexity index is 463. The van der Waals surface area contributed by atoms with Gasteiger partial charge in [0.15, 0.2) is 0 Å². The Balaban J connectivity index is 1.73. The predicted octanol–water partition coefficient (Wildman–Crippen LogP) is 2.19. The van der Waals surface area contributed by atoms with Crippen molar-refractivity contribution in [2.75, 3.05) is 13.1 Å². The summed E-state index contributed by atoms with van der Waals surface area (Å²) in [6, 6.07) is 9.14. The zero-order valence-corrected chi connectivity index (χ0v) is 13.1. The number of hydrogen-bond donors (Lipinski definition) is 1. The molecule has 1 amide bonds. The summed E-state index contributed by atoms with van der Waals surface area (Å²) in [5, 5.41) is 3.44. The predicted molar refractivity (Wildman–Crippen MR) is 84.0 cm³/mol. The van der Waals surface area contributed by atoms with Gasteiger partial charge >= 0.3 is 0 Å². The molecule has 4 heteroatoms. The number of carbonyl (C=O) groups is 1. The first-order chi connectivity index (χ1) is 9.24. The van der Waals surface area contributed by atoms with E-state index in [9.17, 15) is 4.79 Å². The highest BCUT2D eigenvalue weighted by Gasteiger charge is 2.37. The van der Waals surface area contributed by atoms with E-state index in [4.69, 9.17) is 0 Å². The van der Waals surface area contributed by atoms with E-state index in [0.29, 0.717) is 24.4 Å². The molecule has 2 aliphatic heterocycles. The SMILES string of the molecule is O=C(Cc1cccc(I)c1)N1C2CCNCC1CC2. The van der Waals surface area contributed by atoms with Crippen molar-refractivity contribution in [2.45, 2.75) is 37.8 Å². The van der Waals surface area contributed by atoms with Crippen LogP contribution in [0.4, 0.5) is 0 Å². The van der Waals surface area contributed by atoms with Gasteiger partial charge in [0.2, 0.25) is 5.91 Å². The van der Waals surface area contributed by atoms with Gasteiger partial charge in [-0.25, -0.2) is 0 Å². The normalized spacial score (nSPS) is 26.3. The van der Waals surface area contributed by atoms with E-state index in [1.807, 2.05) is 6.07 Å². The number of benzene rings is 1. The van der Waals surface area contributed by atoms with E-state index in [1.54, 1.807) is 0 Å². The Morgan fingerprint density at radius 1 is 1.32 bits per heavy atom. The summed E-state index contributed by atoms with van der Waals surface area (Å²) in [5.41, 5.74) is 1.13. The highest BCUT2D eigenvalue weighted by Crippen LogP contribution is 2.28. The highest BCUT2D eigenvalue weighted by molar-refractivity contribution is 14.1. The van der Waals surface area contributed by atoms with Gasteiger partial charge in [-0.3, -0.25) is 4.79 Å². The van der Waals surface area contributed by atoms with E-state index in [2.05, 4.69) is 51.0 Å². The van der Waals surface area contributed by atoms with E-state index in [1.165, 1.54) is 9.99 Å². The van der Waals surface area contributed by atoms with Crippen molar-refractivity contribution in [3.05, 3.63) is 33.4 Å². The Morgan fingerprint density at radius 2 is 2.16 bits per heavy atom. The van der Waals surface area contributed by atoms with Gasteiger partial charge < -0.3 is 10.2 Å². The molecule has 3 nitrogen and oxygen atoms in total. The van der Waals surface area contributed by atoms with Crippen molar-refractivity contribution in [3.8, 4) is 0 Å². The lowest BCUT2D eigenvalue weighted by atomic mass is 10.1. The topological polar surface area (TPSA) is 32.3 Å². The number of fused-ring (bicyclic) bond motifs is 2. The second-order valence-electron chi connectivity index (χ2n) is 5.49. The molecule has 19 heavy (non-hydrogen) atoms. The number of nitrogens with zero attached hydrogens (tertiary/aromatic N) is 1. The lowest BCUT2D eigenvalue weighted by molar-refractivity contribution is -0.133. The number of carbonyl (C=O) groups excluding carboxylic acids is 1. The van der Waals surface area contributed by atoms with Crippen molar-refractivity contribution >= 4 is 28.5 Å². The van der Waals surface area contributed by atoms with Gasteiger partial charge in [-0.2, -0.15) is 0 Å². The van der Waals surface area contributed by atoms with Crippen LogP contribution in [-0.2, 0) is 11.2 Å². The van der Waals surface area contributed by atoms with Gasteiger partial charge in [0.25, 0.3) is 0 Å². The summed E-state index contributed by atoms with van der Waals surface area (Å²) in [7, 11) is 0. The van der Waals surface area contributed by atoms with Gasteiger partial charge in [-0.15, -0.1) is 0 Å². The zero-order valence-electron chi connectivity index (χ0n) is 10.9. The molecule has 0 radical (unpaired) electrons. The van der Waals surface area contributed by atoms with Crippen molar-refractivity contribution in [3.63, 3.8) is 0 Å². The Hall–Kier alpha value is -0.620. The Kier molecular flexibility index (Phi) is 4.07. The lowest BCUT2D eigenvalue weighted by Crippen LogP contribution is -2.43. The van der Waals surface area contributed by atoms with Gasteiger partial charge in [0, 0.05) is 22.2 Å². The molecule has 3 rings (SSSR count). The fraction of sp³-hybridized carbons (Fsp3) is 0.533. The van der Waals surface area contributed by atoms with Crippen LogP contribution in [0.3, 0.4) is 0 Å². The minimum Gasteiger partial charge on any atom is -0.335 e. The fourth-order valence-corrected chi connectivity index (χ4v) is 3.91. The van der Waals surface area contributed by atoms with Crippen LogP contribution in [0.5, 0.6) is 0 Å². The number of nitrogens with one attached hydrogen (secondary N) is 1. The van der Waals surface area contributed by atoms with Gasteiger partial charge in [0.05, 0.1) is 6.42 Å². The first-order valence-electron chi connectivity index (χ1n) is 7.00. The van der Waals surface area contributed by atoms with Crippen molar-refractivity contribution in [1.29, 1.82) is 0 Å². The van der Waals surface area contributed by atoms with Crippen LogP contribution in [0, 0.1) is 3.57 Å². The Morgan fingerprint density at radius 3 is 3.00 bits per heavy atom. The molecule has 1 N–H and O–H groups in total. The maximum atomic E-state index is 12.6. The van der Waals surface area contributed by atoms with Crippen LogP contribution in [0.1, 0.15) is 24.8 Å². The summed E-state index contributed by atoms with van der Waals surface area (Å²) in [6.45, 7) is 2.02. The van der Waals surface area contributed by atoms with Crippen LogP contribution in [-0.4, -0.2) is 36.0 Å². The van der Waals surface area contributed by atoms with Crippen molar-refractivity contribution in [1.82, 2.24) is 10.2 Å². The first kappa shape index (κ1) is 13.4. The molecule has 0 saturated carbocycles. The molecule has 2 heterocycles. The monoisotopic (exact) mass is 370 g/mol. The smallest absolute Gasteiger partial charge is 0.227 e. The van der Waals surface area contributed by atoms with E-state index >= 15 is 0 Å². The molecule has 102 valence electrons. The van der Waals surface area contributed by atoms with Crippen molar-refractivity contribution in [2.24, 2.45) is 0 Å². The summed E-state index contributed by atoms with van der Waals surface area (Å²) in [5.74, 6) is 0.304. The summed E-state index contributed by atoms with van der Waals surface area (Å²) < 4.78 is 1.20. The summed E-state index contributed by atoms with van der Waals surface area (Å²) in [6.07, 6.45) is 4.00.